The lowest BCUT2D eigenvalue weighted by molar-refractivity contribution is -0.192. The molecule has 17 heavy (non-hydrogen) atoms. The summed E-state index contributed by atoms with van der Waals surface area (Å²) >= 11 is 0. The standard InChI is InChI=1S/C8H3F3N2O4/c9-3-1-4(10)6(11)5(2-3)13-12-16-7(14)8(15)17-13/h1-2,12H. The molecule has 1 aromatic rings. The molecule has 0 aromatic heterocycles. The van der Waals surface area contributed by atoms with Crippen LogP contribution in [-0.4, -0.2) is 11.9 Å². The van der Waals surface area contributed by atoms with Crippen LogP contribution in [0.5, 0.6) is 0 Å². The van der Waals surface area contributed by atoms with E-state index < -0.39 is 35.1 Å². The minimum Gasteiger partial charge on any atom is -0.338 e. The molecule has 9 heteroatoms. The third-order valence-corrected chi connectivity index (χ3v) is 1.75. The number of anilines is 1. The zero-order valence-corrected chi connectivity index (χ0v) is 7.87. The zero-order valence-electron chi connectivity index (χ0n) is 7.87. The van der Waals surface area contributed by atoms with Crippen LogP contribution in [-0.2, 0) is 19.3 Å². The number of rotatable bonds is 1. The second-order valence-corrected chi connectivity index (χ2v) is 2.87. The highest BCUT2D eigenvalue weighted by Gasteiger charge is 2.31. The van der Waals surface area contributed by atoms with Gasteiger partial charge in [0.25, 0.3) is 0 Å². The van der Waals surface area contributed by atoms with Crippen molar-refractivity contribution < 1.29 is 32.4 Å². The van der Waals surface area contributed by atoms with Crippen LogP contribution in [0, 0.1) is 17.5 Å². The summed E-state index contributed by atoms with van der Waals surface area (Å²) in [4.78, 5) is 29.6. The highest BCUT2D eigenvalue weighted by molar-refractivity contribution is 6.30. The van der Waals surface area contributed by atoms with Gasteiger partial charge in [-0.25, -0.2) is 22.8 Å². The molecule has 90 valence electrons. The molecule has 0 spiro atoms. The predicted octanol–water partition coefficient (Wildman–Crippen LogP) is 0.345. The van der Waals surface area contributed by atoms with Gasteiger partial charge in [0.2, 0.25) is 0 Å². The van der Waals surface area contributed by atoms with Crippen molar-refractivity contribution in [2.45, 2.75) is 0 Å². The Balaban J connectivity index is 2.35. The van der Waals surface area contributed by atoms with E-state index in [1.54, 1.807) is 5.59 Å². The van der Waals surface area contributed by atoms with Crippen molar-refractivity contribution in [3.63, 3.8) is 0 Å². The largest absolute Gasteiger partial charge is 0.444 e. The average Bonchev–Trinajstić information content (AvgIpc) is 2.27. The number of benzene rings is 1. The highest BCUT2D eigenvalue weighted by atomic mass is 19.2. The lowest BCUT2D eigenvalue weighted by Gasteiger charge is -2.25. The number of hydrazine groups is 1. The lowest BCUT2D eigenvalue weighted by Crippen LogP contribution is -2.50. The van der Waals surface area contributed by atoms with Crippen molar-refractivity contribution in [1.29, 1.82) is 0 Å². The minimum atomic E-state index is -1.49. The fourth-order valence-corrected chi connectivity index (χ4v) is 1.05. The number of carbonyl (C=O) groups is 2. The molecule has 6 nitrogen and oxygen atoms in total. The van der Waals surface area contributed by atoms with E-state index in [9.17, 15) is 22.8 Å². The maximum atomic E-state index is 13.2. The van der Waals surface area contributed by atoms with Gasteiger partial charge in [0.15, 0.2) is 11.6 Å². The number of nitrogens with zero attached hydrogens (tertiary/aromatic N) is 1. The van der Waals surface area contributed by atoms with E-state index in [1.165, 1.54) is 0 Å². The van der Waals surface area contributed by atoms with E-state index in [4.69, 9.17) is 0 Å². The van der Waals surface area contributed by atoms with E-state index in [-0.39, 0.29) is 5.17 Å². The lowest BCUT2D eigenvalue weighted by atomic mass is 10.3. The molecule has 2 rings (SSSR count). The monoisotopic (exact) mass is 248 g/mol. The van der Waals surface area contributed by atoms with Gasteiger partial charge in [0.1, 0.15) is 11.5 Å². The Morgan fingerprint density at radius 1 is 1.12 bits per heavy atom. The van der Waals surface area contributed by atoms with Gasteiger partial charge in [0, 0.05) is 12.1 Å². The fourth-order valence-electron chi connectivity index (χ4n) is 1.05. The van der Waals surface area contributed by atoms with Crippen LogP contribution in [0.3, 0.4) is 0 Å². The summed E-state index contributed by atoms with van der Waals surface area (Å²) in [6, 6.07) is 0.842. The molecule has 1 fully saturated rings. The van der Waals surface area contributed by atoms with E-state index >= 15 is 0 Å². The van der Waals surface area contributed by atoms with Gasteiger partial charge in [0.05, 0.1) is 0 Å². The molecule has 1 aliphatic rings. The summed E-state index contributed by atoms with van der Waals surface area (Å²) in [5.74, 6) is -6.92. The van der Waals surface area contributed by atoms with Gasteiger partial charge in [-0.1, -0.05) is 5.17 Å². The van der Waals surface area contributed by atoms with Gasteiger partial charge in [-0.15, -0.1) is 0 Å². The Morgan fingerprint density at radius 2 is 1.82 bits per heavy atom. The van der Waals surface area contributed by atoms with Crippen LogP contribution >= 0.6 is 0 Å². The van der Waals surface area contributed by atoms with Gasteiger partial charge >= 0.3 is 11.9 Å². The molecular weight excluding hydrogens is 245 g/mol. The molecule has 0 saturated carbocycles. The summed E-state index contributed by atoms with van der Waals surface area (Å²) in [7, 11) is 0. The second kappa shape index (κ2) is 3.94. The quantitative estimate of drug-likeness (QED) is 0.571. The van der Waals surface area contributed by atoms with E-state index in [1.807, 2.05) is 0 Å². The Bertz CT molecular complexity index is 508. The first-order valence-electron chi connectivity index (χ1n) is 4.12. The molecule has 1 aromatic carbocycles. The summed E-state index contributed by atoms with van der Waals surface area (Å²) < 4.78 is 38.9. The molecule has 0 atom stereocenters. The number of halogens is 3. The topological polar surface area (TPSA) is 67.9 Å². The molecular formula is C8H3F3N2O4. The summed E-state index contributed by atoms with van der Waals surface area (Å²) in [5, 5.41) is 0.186. The first kappa shape index (κ1) is 11.2. The van der Waals surface area contributed by atoms with Crippen LogP contribution in [0.25, 0.3) is 0 Å². The molecule has 0 bridgehead atoms. The molecule has 0 amide bonds. The first-order valence-corrected chi connectivity index (χ1v) is 4.12. The number of hydrogen-bond donors (Lipinski definition) is 1. The third-order valence-electron chi connectivity index (χ3n) is 1.75. The van der Waals surface area contributed by atoms with Crippen molar-refractivity contribution in [3.8, 4) is 0 Å². The van der Waals surface area contributed by atoms with Crippen molar-refractivity contribution in [2.75, 3.05) is 5.17 Å². The minimum absolute atomic E-state index is 0.186. The molecule has 1 heterocycles. The van der Waals surface area contributed by atoms with Crippen molar-refractivity contribution in [2.24, 2.45) is 0 Å². The van der Waals surface area contributed by atoms with E-state index in [0.29, 0.717) is 12.1 Å². The van der Waals surface area contributed by atoms with Crippen molar-refractivity contribution in [1.82, 2.24) is 5.59 Å². The average molecular weight is 248 g/mol. The van der Waals surface area contributed by atoms with Crippen LogP contribution in [0.15, 0.2) is 12.1 Å². The number of nitrogens with one attached hydrogen (secondary N) is 1. The predicted molar refractivity (Wildman–Crippen MR) is 44.1 cm³/mol. The Hall–Kier alpha value is -2.29. The normalized spacial score (nSPS) is 15.6. The maximum absolute atomic E-state index is 13.2. The zero-order chi connectivity index (χ0) is 12.6. The second-order valence-electron chi connectivity index (χ2n) is 2.87. The molecule has 1 saturated heterocycles. The smallest absolute Gasteiger partial charge is 0.338 e. The SMILES string of the molecule is O=C1ONN(c2cc(F)cc(F)c2F)OC1=O. The molecule has 1 N–H and O–H groups in total. The van der Waals surface area contributed by atoms with Crippen molar-refractivity contribution in [3.05, 3.63) is 29.6 Å². The summed E-state index contributed by atoms with van der Waals surface area (Å²) in [5.41, 5.74) is 0.890. The van der Waals surface area contributed by atoms with Crippen LogP contribution in [0.4, 0.5) is 18.9 Å². The van der Waals surface area contributed by atoms with Gasteiger partial charge in [-0.3, -0.25) is 0 Å². The van der Waals surface area contributed by atoms with E-state index in [0.717, 1.165) is 0 Å². The number of hydrogen-bond acceptors (Lipinski definition) is 6. The Kier molecular flexibility index (Phi) is 2.60. The van der Waals surface area contributed by atoms with Crippen LogP contribution in [0.1, 0.15) is 0 Å². The Morgan fingerprint density at radius 3 is 2.47 bits per heavy atom. The van der Waals surface area contributed by atoms with Gasteiger partial charge in [-0.2, -0.15) is 0 Å². The summed E-state index contributed by atoms with van der Waals surface area (Å²) in [6.07, 6.45) is 0. The van der Waals surface area contributed by atoms with Crippen molar-refractivity contribution >= 4 is 17.6 Å². The molecule has 0 aliphatic carbocycles. The van der Waals surface area contributed by atoms with Gasteiger partial charge in [-0.05, 0) is 5.59 Å². The maximum Gasteiger partial charge on any atom is 0.444 e. The molecule has 1 aliphatic heterocycles. The fraction of sp³-hybridized carbons (Fsp3) is 0. The van der Waals surface area contributed by atoms with Crippen LogP contribution in [0.2, 0.25) is 0 Å². The highest BCUT2D eigenvalue weighted by Crippen LogP contribution is 2.23. The molecule has 0 radical (unpaired) electrons. The third kappa shape index (κ3) is 1.99. The first-order chi connectivity index (χ1) is 7.99. The van der Waals surface area contributed by atoms with Crippen LogP contribution < -0.4 is 10.8 Å². The van der Waals surface area contributed by atoms with E-state index in [2.05, 4.69) is 9.68 Å². The molecule has 0 unspecified atom stereocenters. The Labute approximate surface area is 91.4 Å². The summed E-state index contributed by atoms with van der Waals surface area (Å²) in [6.45, 7) is 0. The number of carbonyl (C=O) groups excluding carboxylic acids is 2. The van der Waals surface area contributed by atoms with Gasteiger partial charge < -0.3 is 9.68 Å².